The lowest BCUT2D eigenvalue weighted by Gasteiger charge is -2.14. The Balaban J connectivity index is 1.93. The Morgan fingerprint density at radius 3 is 2.88 bits per heavy atom. The Morgan fingerprint density at radius 1 is 1.35 bits per heavy atom. The fourth-order valence-electron chi connectivity index (χ4n) is 1.89. The predicted molar refractivity (Wildman–Crippen MR) is 58.9 cm³/mol. The number of β-amino-alcohol motifs (C(OH)–C–C–N with tert-alkyl or cyclic N) is 1. The minimum absolute atomic E-state index is 0.273. The van der Waals surface area contributed by atoms with Crippen LogP contribution in [0.15, 0.2) is 29.0 Å². The van der Waals surface area contributed by atoms with E-state index in [1.807, 2.05) is 0 Å². The van der Waals surface area contributed by atoms with Crippen LogP contribution in [0.4, 0.5) is 0 Å². The minimum atomic E-state index is -1.03. The maximum atomic E-state index is 10.3. The second-order valence-electron chi connectivity index (χ2n) is 4.12. The van der Waals surface area contributed by atoms with Gasteiger partial charge in [-0.05, 0) is 25.1 Å². The smallest absolute Gasteiger partial charge is 0.260 e. The van der Waals surface area contributed by atoms with Crippen molar-refractivity contribution in [3.63, 3.8) is 0 Å². The van der Waals surface area contributed by atoms with Gasteiger partial charge in [0.25, 0.3) is 5.89 Å². The van der Waals surface area contributed by atoms with Gasteiger partial charge in [0.2, 0.25) is 5.82 Å². The first-order valence-corrected chi connectivity index (χ1v) is 5.46. The maximum absolute atomic E-state index is 10.3. The van der Waals surface area contributed by atoms with Crippen molar-refractivity contribution in [1.82, 2.24) is 20.4 Å². The van der Waals surface area contributed by atoms with Crippen molar-refractivity contribution < 1.29 is 9.63 Å². The van der Waals surface area contributed by atoms with Crippen molar-refractivity contribution in [3.05, 3.63) is 30.4 Å². The molecule has 2 N–H and O–H groups in total. The first-order valence-electron chi connectivity index (χ1n) is 5.46. The second-order valence-corrected chi connectivity index (χ2v) is 4.12. The van der Waals surface area contributed by atoms with Gasteiger partial charge in [0, 0.05) is 24.5 Å². The molecule has 6 nitrogen and oxygen atoms in total. The molecule has 3 heterocycles. The van der Waals surface area contributed by atoms with E-state index in [9.17, 15) is 5.11 Å². The molecule has 1 aliphatic rings. The average Bonchev–Trinajstić information content (AvgIpc) is 2.99. The van der Waals surface area contributed by atoms with E-state index in [-0.39, 0.29) is 5.89 Å². The second kappa shape index (κ2) is 3.90. The Morgan fingerprint density at radius 2 is 2.18 bits per heavy atom. The molecule has 6 heteroatoms. The molecule has 2 aromatic rings. The van der Waals surface area contributed by atoms with E-state index in [0.29, 0.717) is 18.8 Å². The van der Waals surface area contributed by atoms with Crippen LogP contribution >= 0.6 is 0 Å². The van der Waals surface area contributed by atoms with Gasteiger partial charge in [-0.1, -0.05) is 5.16 Å². The first-order chi connectivity index (χ1) is 8.28. The lowest BCUT2D eigenvalue weighted by Crippen LogP contribution is -2.28. The van der Waals surface area contributed by atoms with Gasteiger partial charge in [0.1, 0.15) is 0 Å². The van der Waals surface area contributed by atoms with E-state index in [1.165, 1.54) is 0 Å². The van der Waals surface area contributed by atoms with Crippen LogP contribution in [0.1, 0.15) is 12.3 Å². The molecule has 1 aliphatic heterocycles. The zero-order chi connectivity index (χ0) is 11.7. The largest absolute Gasteiger partial charge is 0.379 e. The van der Waals surface area contributed by atoms with Crippen LogP contribution in [0.3, 0.4) is 0 Å². The molecular weight excluding hydrogens is 220 g/mol. The van der Waals surface area contributed by atoms with E-state index in [4.69, 9.17) is 4.52 Å². The number of hydrogen-bond donors (Lipinski definition) is 2. The van der Waals surface area contributed by atoms with Gasteiger partial charge < -0.3 is 14.9 Å². The lowest BCUT2D eigenvalue weighted by atomic mass is 10.0. The molecule has 0 radical (unpaired) electrons. The summed E-state index contributed by atoms with van der Waals surface area (Å²) in [5.41, 5.74) is -0.206. The van der Waals surface area contributed by atoms with Gasteiger partial charge >= 0.3 is 0 Å². The Kier molecular flexibility index (Phi) is 2.38. The zero-order valence-electron chi connectivity index (χ0n) is 9.13. The highest BCUT2D eigenvalue weighted by molar-refractivity contribution is 5.52. The number of nitrogens with one attached hydrogen (secondary N) is 1. The number of hydrogen-bond acceptors (Lipinski definition) is 6. The third-order valence-electron chi connectivity index (χ3n) is 2.90. The molecule has 0 amide bonds. The summed E-state index contributed by atoms with van der Waals surface area (Å²) in [5.74, 6) is 0.747. The molecule has 0 aliphatic carbocycles. The lowest BCUT2D eigenvalue weighted by molar-refractivity contribution is 0.0243. The number of nitrogens with zero attached hydrogens (tertiary/aromatic N) is 3. The van der Waals surface area contributed by atoms with Crippen molar-refractivity contribution in [3.8, 4) is 11.4 Å². The fraction of sp³-hybridized carbons (Fsp3) is 0.364. The van der Waals surface area contributed by atoms with Crippen LogP contribution in [-0.2, 0) is 5.60 Å². The van der Waals surface area contributed by atoms with E-state index >= 15 is 0 Å². The average molecular weight is 232 g/mol. The number of pyridine rings is 1. The summed E-state index contributed by atoms with van der Waals surface area (Å²) >= 11 is 0. The third-order valence-corrected chi connectivity index (χ3v) is 2.90. The van der Waals surface area contributed by atoms with Gasteiger partial charge in [0.15, 0.2) is 5.60 Å². The first kappa shape index (κ1) is 10.4. The summed E-state index contributed by atoms with van der Waals surface area (Å²) < 4.78 is 5.13. The molecule has 1 saturated heterocycles. The SMILES string of the molecule is OC1(c2nc(-c3ccncc3)no2)CCNC1. The summed E-state index contributed by atoms with van der Waals surface area (Å²) in [4.78, 5) is 8.16. The Labute approximate surface area is 97.7 Å². The van der Waals surface area contributed by atoms with E-state index in [0.717, 1.165) is 12.1 Å². The Hall–Kier alpha value is -1.79. The quantitative estimate of drug-likeness (QED) is 0.775. The summed E-state index contributed by atoms with van der Waals surface area (Å²) in [5, 5.41) is 17.2. The highest BCUT2D eigenvalue weighted by Crippen LogP contribution is 2.27. The van der Waals surface area contributed by atoms with Crippen molar-refractivity contribution in [2.45, 2.75) is 12.0 Å². The highest BCUT2D eigenvalue weighted by Gasteiger charge is 2.38. The number of aromatic nitrogens is 3. The molecule has 1 fully saturated rings. The van der Waals surface area contributed by atoms with Gasteiger partial charge in [0.05, 0.1) is 0 Å². The van der Waals surface area contributed by atoms with Crippen molar-refractivity contribution in [2.75, 3.05) is 13.1 Å². The number of rotatable bonds is 2. The highest BCUT2D eigenvalue weighted by atomic mass is 16.5. The molecule has 3 rings (SSSR count). The molecule has 1 atom stereocenters. The molecular formula is C11H12N4O2. The van der Waals surface area contributed by atoms with Crippen molar-refractivity contribution in [2.24, 2.45) is 0 Å². The van der Waals surface area contributed by atoms with Crippen molar-refractivity contribution >= 4 is 0 Å². The standard InChI is InChI=1S/C11H12N4O2/c16-11(3-6-13-7-11)10-14-9(15-17-10)8-1-4-12-5-2-8/h1-2,4-5,13,16H,3,6-7H2. The van der Waals surface area contributed by atoms with Crippen LogP contribution < -0.4 is 5.32 Å². The third kappa shape index (κ3) is 1.81. The monoisotopic (exact) mass is 232 g/mol. The summed E-state index contributed by atoms with van der Waals surface area (Å²) in [7, 11) is 0. The van der Waals surface area contributed by atoms with Crippen LogP contribution in [0.2, 0.25) is 0 Å². The van der Waals surface area contributed by atoms with E-state index in [1.54, 1.807) is 24.5 Å². The van der Waals surface area contributed by atoms with Gasteiger partial charge in [-0.15, -0.1) is 0 Å². The molecule has 2 aromatic heterocycles. The fourth-order valence-corrected chi connectivity index (χ4v) is 1.89. The van der Waals surface area contributed by atoms with E-state index in [2.05, 4.69) is 20.4 Å². The minimum Gasteiger partial charge on any atom is -0.379 e. The summed E-state index contributed by atoms with van der Waals surface area (Å²) in [6, 6.07) is 3.59. The normalized spacial score (nSPS) is 24.1. The molecule has 17 heavy (non-hydrogen) atoms. The molecule has 88 valence electrons. The molecule has 0 aromatic carbocycles. The summed E-state index contributed by atoms with van der Waals surface area (Å²) in [6.45, 7) is 1.20. The molecule has 1 unspecified atom stereocenters. The maximum Gasteiger partial charge on any atom is 0.260 e. The topological polar surface area (TPSA) is 84.1 Å². The Bertz CT molecular complexity index is 505. The van der Waals surface area contributed by atoms with Crippen molar-refractivity contribution in [1.29, 1.82) is 0 Å². The van der Waals surface area contributed by atoms with Gasteiger partial charge in [-0.2, -0.15) is 4.98 Å². The molecule has 0 saturated carbocycles. The van der Waals surface area contributed by atoms with E-state index < -0.39 is 5.60 Å². The summed E-state index contributed by atoms with van der Waals surface area (Å²) in [6.07, 6.45) is 3.92. The van der Waals surface area contributed by atoms with Crippen LogP contribution in [0, 0.1) is 0 Å². The van der Waals surface area contributed by atoms with Gasteiger partial charge in [-0.3, -0.25) is 4.98 Å². The molecule has 0 spiro atoms. The zero-order valence-corrected chi connectivity index (χ0v) is 9.13. The molecule has 0 bridgehead atoms. The van der Waals surface area contributed by atoms with Crippen LogP contribution in [0.25, 0.3) is 11.4 Å². The van der Waals surface area contributed by atoms with Crippen LogP contribution in [0.5, 0.6) is 0 Å². The van der Waals surface area contributed by atoms with Gasteiger partial charge in [-0.25, -0.2) is 0 Å². The number of aliphatic hydroxyl groups is 1. The van der Waals surface area contributed by atoms with Crippen LogP contribution in [-0.4, -0.2) is 33.3 Å². The predicted octanol–water partition coefficient (Wildman–Crippen LogP) is 0.312.